The van der Waals surface area contributed by atoms with Crippen LogP contribution in [0.5, 0.6) is 11.5 Å². The number of fused-ring (bicyclic) bond motifs is 1. The molecule has 32 heavy (non-hydrogen) atoms. The molecule has 0 radical (unpaired) electrons. The van der Waals surface area contributed by atoms with Gasteiger partial charge in [0.05, 0.1) is 35.3 Å². The Morgan fingerprint density at radius 3 is 2.78 bits per heavy atom. The average Bonchev–Trinajstić information content (AvgIpc) is 3.49. The zero-order chi connectivity index (χ0) is 22.1. The first-order chi connectivity index (χ1) is 15.5. The monoisotopic (exact) mass is 451 g/mol. The molecule has 0 amide bonds. The molecule has 4 aromatic rings. The summed E-state index contributed by atoms with van der Waals surface area (Å²) < 4.78 is 36.1. The molecule has 1 aromatic carbocycles. The molecule has 9 nitrogen and oxygen atoms in total. The lowest BCUT2D eigenvalue weighted by atomic mass is 10.0. The lowest BCUT2D eigenvalue weighted by molar-refractivity contribution is 0.110. The van der Waals surface area contributed by atoms with E-state index in [9.17, 15) is 8.42 Å². The van der Waals surface area contributed by atoms with Gasteiger partial charge in [0.15, 0.2) is 20.7 Å². The third-order valence-electron chi connectivity index (χ3n) is 5.33. The predicted octanol–water partition coefficient (Wildman–Crippen LogP) is 3.85. The van der Waals surface area contributed by atoms with Crippen molar-refractivity contribution < 1.29 is 17.9 Å². The zero-order valence-electron chi connectivity index (χ0n) is 17.4. The molecule has 3 aromatic heterocycles. The maximum absolute atomic E-state index is 12.0. The smallest absolute Gasteiger partial charge is 0.195 e. The van der Waals surface area contributed by atoms with Gasteiger partial charge in [0.25, 0.3) is 0 Å². The molecule has 1 unspecified atom stereocenters. The molecular weight excluding hydrogens is 430 g/mol. The number of aromatic nitrogens is 5. The molecule has 0 aliphatic carbocycles. The van der Waals surface area contributed by atoms with Crippen molar-refractivity contribution in [1.29, 1.82) is 0 Å². The molecule has 0 bridgehead atoms. The van der Waals surface area contributed by atoms with Crippen LogP contribution in [0.25, 0.3) is 22.6 Å². The molecule has 4 heterocycles. The van der Waals surface area contributed by atoms with Crippen LogP contribution in [-0.2, 0) is 14.6 Å². The topological polar surface area (TPSA) is 120 Å². The number of H-pyrrole nitrogens is 1. The Bertz CT molecular complexity index is 1350. The van der Waals surface area contributed by atoms with Crippen LogP contribution in [0, 0.1) is 0 Å². The van der Waals surface area contributed by atoms with Crippen molar-refractivity contribution in [3.8, 4) is 23.0 Å². The second-order valence-electron chi connectivity index (χ2n) is 7.42. The number of pyridine rings is 1. The summed E-state index contributed by atoms with van der Waals surface area (Å²) in [6.07, 6.45) is 8.05. The highest BCUT2D eigenvalue weighted by molar-refractivity contribution is 7.91. The molecular formula is C22H21N5O4S. The summed E-state index contributed by atoms with van der Waals surface area (Å²) >= 11 is 0. The minimum absolute atomic E-state index is 0.00597. The predicted molar refractivity (Wildman–Crippen MR) is 117 cm³/mol. The van der Waals surface area contributed by atoms with Crippen LogP contribution in [0.15, 0.2) is 54.1 Å². The number of aromatic amines is 1. The van der Waals surface area contributed by atoms with Crippen molar-refractivity contribution >= 4 is 20.9 Å². The van der Waals surface area contributed by atoms with Crippen molar-refractivity contribution in [1.82, 2.24) is 24.9 Å². The van der Waals surface area contributed by atoms with Crippen LogP contribution in [-0.4, -0.2) is 45.7 Å². The van der Waals surface area contributed by atoms with E-state index >= 15 is 0 Å². The molecule has 1 aliphatic rings. The quantitative estimate of drug-likeness (QED) is 0.469. The Labute approximate surface area is 184 Å². The van der Waals surface area contributed by atoms with Gasteiger partial charge in [-0.25, -0.2) is 23.4 Å². The van der Waals surface area contributed by atoms with E-state index in [1.807, 2.05) is 12.1 Å². The van der Waals surface area contributed by atoms with Gasteiger partial charge in [0.1, 0.15) is 17.2 Å². The van der Waals surface area contributed by atoms with Gasteiger partial charge in [-0.15, -0.1) is 0 Å². The minimum Gasteiger partial charge on any atom is -0.455 e. The summed E-state index contributed by atoms with van der Waals surface area (Å²) in [4.78, 5) is 20.4. The fourth-order valence-electron chi connectivity index (χ4n) is 3.64. The van der Waals surface area contributed by atoms with E-state index in [4.69, 9.17) is 9.47 Å². The van der Waals surface area contributed by atoms with E-state index in [1.165, 1.54) is 12.3 Å². The van der Waals surface area contributed by atoms with Gasteiger partial charge in [-0.3, -0.25) is 4.98 Å². The van der Waals surface area contributed by atoms with E-state index < -0.39 is 9.84 Å². The SMILES string of the molecule is CCS(=O)(=O)c1ccc(Oc2cc3[nH]c(-c4cnccn4)nc3cc2C2CCCO2)cn1. The highest BCUT2D eigenvalue weighted by Gasteiger charge is 2.24. The molecule has 0 saturated carbocycles. The second-order valence-corrected chi connectivity index (χ2v) is 9.65. The zero-order valence-corrected chi connectivity index (χ0v) is 18.2. The van der Waals surface area contributed by atoms with Gasteiger partial charge in [-0.1, -0.05) is 6.92 Å². The molecule has 1 atom stereocenters. The number of nitrogens with zero attached hydrogens (tertiary/aromatic N) is 4. The van der Waals surface area contributed by atoms with E-state index in [0.29, 0.717) is 29.6 Å². The Morgan fingerprint density at radius 2 is 2.09 bits per heavy atom. The van der Waals surface area contributed by atoms with Gasteiger partial charge < -0.3 is 14.5 Å². The van der Waals surface area contributed by atoms with E-state index in [-0.39, 0.29) is 16.9 Å². The van der Waals surface area contributed by atoms with Gasteiger partial charge in [-0.2, -0.15) is 0 Å². The number of sulfone groups is 1. The van der Waals surface area contributed by atoms with Crippen LogP contribution in [0.3, 0.4) is 0 Å². The van der Waals surface area contributed by atoms with Crippen molar-refractivity contribution in [2.75, 3.05) is 12.4 Å². The fraction of sp³-hybridized carbons (Fsp3) is 0.273. The maximum Gasteiger partial charge on any atom is 0.195 e. The molecule has 164 valence electrons. The molecule has 0 spiro atoms. The average molecular weight is 452 g/mol. The number of imidazole rings is 1. The Balaban J connectivity index is 1.53. The normalized spacial score (nSPS) is 16.5. The van der Waals surface area contributed by atoms with Crippen LogP contribution in [0.1, 0.15) is 31.4 Å². The van der Waals surface area contributed by atoms with Crippen molar-refractivity contribution in [3.63, 3.8) is 0 Å². The molecule has 1 aliphatic heterocycles. The van der Waals surface area contributed by atoms with Crippen molar-refractivity contribution in [2.45, 2.75) is 30.9 Å². The molecule has 10 heteroatoms. The standard InChI is InChI=1S/C22H21N5O4S/c1-2-32(28,29)21-6-5-14(12-25-21)31-20-11-17-16(10-15(20)19-4-3-9-30-19)26-22(27-17)18-13-23-7-8-24-18/h5-8,10-13,19H,2-4,9H2,1H3,(H,26,27). The fourth-order valence-corrected chi connectivity index (χ4v) is 4.43. The summed E-state index contributed by atoms with van der Waals surface area (Å²) in [7, 11) is -3.37. The summed E-state index contributed by atoms with van der Waals surface area (Å²) in [5.74, 6) is 1.65. The first kappa shape index (κ1) is 20.5. The molecule has 1 N–H and O–H groups in total. The van der Waals surface area contributed by atoms with Gasteiger partial charge >= 0.3 is 0 Å². The van der Waals surface area contributed by atoms with Gasteiger partial charge in [-0.05, 0) is 31.0 Å². The van der Waals surface area contributed by atoms with E-state index in [0.717, 1.165) is 29.4 Å². The van der Waals surface area contributed by atoms with Crippen molar-refractivity contribution in [2.24, 2.45) is 0 Å². The summed E-state index contributed by atoms with van der Waals surface area (Å²) in [5, 5.41) is 0.0318. The van der Waals surface area contributed by atoms with Crippen molar-refractivity contribution in [3.05, 3.63) is 54.6 Å². The van der Waals surface area contributed by atoms with Crippen LogP contribution in [0.4, 0.5) is 0 Å². The minimum atomic E-state index is -3.37. The third-order valence-corrected chi connectivity index (χ3v) is 6.97. The summed E-state index contributed by atoms with van der Waals surface area (Å²) in [6.45, 7) is 2.28. The number of ether oxygens (including phenoxy) is 2. The molecule has 5 rings (SSSR count). The van der Waals surface area contributed by atoms with Crippen LogP contribution >= 0.6 is 0 Å². The lowest BCUT2D eigenvalue weighted by Gasteiger charge is -2.16. The summed E-state index contributed by atoms with van der Waals surface area (Å²) in [5.41, 5.74) is 3.07. The Kier molecular flexibility index (Phi) is 5.32. The lowest BCUT2D eigenvalue weighted by Crippen LogP contribution is -2.06. The number of rotatable bonds is 6. The Hall–Kier alpha value is -3.37. The highest BCUT2D eigenvalue weighted by atomic mass is 32.2. The van der Waals surface area contributed by atoms with Gasteiger partial charge in [0, 0.05) is 30.6 Å². The second kappa shape index (κ2) is 8.29. The first-order valence-corrected chi connectivity index (χ1v) is 12.0. The van der Waals surface area contributed by atoms with Gasteiger partial charge in [0.2, 0.25) is 0 Å². The first-order valence-electron chi connectivity index (χ1n) is 10.3. The molecule has 1 fully saturated rings. The highest BCUT2D eigenvalue weighted by Crippen LogP contribution is 2.39. The Morgan fingerprint density at radius 1 is 1.19 bits per heavy atom. The van der Waals surface area contributed by atoms with E-state index in [1.54, 1.807) is 31.6 Å². The maximum atomic E-state index is 12.0. The van der Waals surface area contributed by atoms with E-state index in [2.05, 4.69) is 24.9 Å². The number of hydrogen-bond acceptors (Lipinski definition) is 8. The number of hydrogen-bond donors (Lipinski definition) is 1. The third kappa shape index (κ3) is 3.94. The number of nitrogens with one attached hydrogen (secondary N) is 1. The largest absolute Gasteiger partial charge is 0.455 e. The van der Waals surface area contributed by atoms with Crippen LogP contribution < -0.4 is 4.74 Å². The number of benzene rings is 1. The summed E-state index contributed by atoms with van der Waals surface area (Å²) in [6, 6.07) is 6.90. The van der Waals surface area contributed by atoms with Crippen LogP contribution in [0.2, 0.25) is 0 Å². The molecule has 1 saturated heterocycles.